The van der Waals surface area contributed by atoms with Crippen molar-refractivity contribution in [2.24, 2.45) is 5.73 Å². The van der Waals surface area contributed by atoms with Gasteiger partial charge in [0.05, 0.1) is 0 Å². The molecular formula is C4H11Cl2NS. The summed E-state index contributed by atoms with van der Waals surface area (Å²) >= 11 is 7.17. The molecule has 0 aliphatic carbocycles. The van der Waals surface area contributed by atoms with Gasteiger partial charge in [0.15, 0.2) is 0 Å². The van der Waals surface area contributed by atoms with Gasteiger partial charge >= 0.3 is 0 Å². The molecule has 0 fully saturated rings. The fourth-order valence-electron chi connectivity index (χ4n) is 0.240. The molecule has 0 heterocycles. The molecular weight excluding hydrogens is 165 g/mol. The van der Waals surface area contributed by atoms with E-state index >= 15 is 0 Å². The van der Waals surface area contributed by atoms with Gasteiger partial charge in [-0.15, -0.1) is 24.0 Å². The minimum Gasteiger partial charge on any atom is -0.330 e. The summed E-state index contributed by atoms with van der Waals surface area (Å²) in [6.07, 6.45) is 0. The maximum atomic E-state index is 5.38. The van der Waals surface area contributed by atoms with Crippen LogP contribution in [0.25, 0.3) is 0 Å². The maximum absolute atomic E-state index is 5.38. The Labute approximate surface area is 65.8 Å². The van der Waals surface area contributed by atoms with Crippen LogP contribution < -0.4 is 5.73 Å². The van der Waals surface area contributed by atoms with Gasteiger partial charge < -0.3 is 5.73 Å². The van der Waals surface area contributed by atoms with E-state index in [1.165, 1.54) is 0 Å². The summed E-state index contributed by atoms with van der Waals surface area (Å²) in [4.78, 5) is 0. The van der Waals surface area contributed by atoms with Crippen molar-refractivity contribution in [3.05, 3.63) is 0 Å². The normalized spacial score (nSPS) is 8.25. The summed E-state index contributed by atoms with van der Waals surface area (Å²) < 4.78 is 0. The van der Waals surface area contributed by atoms with Crippen LogP contribution in [0.5, 0.6) is 0 Å². The standard InChI is InChI=1S/C4H10ClNS.ClH/c5-1-3-7-4-2-6;/h1-4,6H2;1H. The third-order valence-corrected chi connectivity index (χ3v) is 1.91. The van der Waals surface area contributed by atoms with Crippen LogP contribution in [0.4, 0.5) is 0 Å². The van der Waals surface area contributed by atoms with Gasteiger partial charge in [-0.2, -0.15) is 11.8 Å². The predicted octanol–water partition coefficient (Wildman–Crippen LogP) is 1.34. The number of hydrogen-bond acceptors (Lipinski definition) is 2. The summed E-state index contributed by atoms with van der Waals surface area (Å²) in [7, 11) is 0. The molecule has 0 aliphatic heterocycles. The molecule has 0 aromatic carbocycles. The van der Waals surface area contributed by atoms with Crippen LogP contribution in [0.3, 0.4) is 0 Å². The zero-order chi connectivity index (χ0) is 5.54. The van der Waals surface area contributed by atoms with Crippen molar-refractivity contribution in [2.45, 2.75) is 0 Å². The molecule has 0 spiro atoms. The molecule has 0 aromatic rings. The van der Waals surface area contributed by atoms with Crippen molar-refractivity contribution in [3.63, 3.8) is 0 Å². The highest BCUT2D eigenvalue weighted by Crippen LogP contribution is 1.96. The predicted molar refractivity (Wildman–Crippen MR) is 44.3 cm³/mol. The zero-order valence-corrected chi connectivity index (χ0v) is 6.99. The fourth-order valence-corrected chi connectivity index (χ4v) is 1.05. The molecule has 4 heteroatoms. The number of thioether (sulfide) groups is 1. The summed E-state index contributed by atoms with van der Waals surface area (Å²) in [6.45, 7) is 0.765. The lowest BCUT2D eigenvalue weighted by molar-refractivity contribution is 1.15. The van der Waals surface area contributed by atoms with Crippen LogP contribution in [-0.4, -0.2) is 23.9 Å². The lowest BCUT2D eigenvalue weighted by Crippen LogP contribution is -2.01. The molecule has 0 radical (unpaired) electrons. The Balaban J connectivity index is 0. The van der Waals surface area contributed by atoms with E-state index in [1.54, 1.807) is 11.8 Å². The minimum atomic E-state index is 0. The average molecular weight is 176 g/mol. The molecule has 52 valence electrons. The second-order valence-corrected chi connectivity index (χ2v) is 2.69. The van der Waals surface area contributed by atoms with Gasteiger partial charge in [0.1, 0.15) is 0 Å². The Kier molecular flexibility index (Phi) is 15.7. The SMILES string of the molecule is Cl.NCCSCCCl. The van der Waals surface area contributed by atoms with Crippen molar-refractivity contribution in [3.8, 4) is 0 Å². The second-order valence-electron chi connectivity index (χ2n) is 1.09. The van der Waals surface area contributed by atoms with E-state index < -0.39 is 0 Å². The lowest BCUT2D eigenvalue weighted by Gasteiger charge is -1.90. The van der Waals surface area contributed by atoms with Crippen LogP contribution in [0, 0.1) is 0 Å². The molecule has 8 heavy (non-hydrogen) atoms. The number of alkyl halides is 1. The Morgan fingerprint density at radius 2 is 2.00 bits per heavy atom. The Bertz CT molecular complexity index is 33.2. The molecule has 2 N–H and O–H groups in total. The molecule has 0 bridgehead atoms. The van der Waals surface area contributed by atoms with E-state index in [2.05, 4.69) is 0 Å². The van der Waals surface area contributed by atoms with Crippen molar-refractivity contribution >= 4 is 35.8 Å². The number of hydrogen-bond donors (Lipinski definition) is 1. The highest BCUT2D eigenvalue weighted by molar-refractivity contribution is 7.99. The largest absolute Gasteiger partial charge is 0.330 e. The summed E-state index contributed by atoms with van der Waals surface area (Å²) in [6, 6.07) is 0. The van der Waals surface area contributed by atoms with Crippen molar-refractivity contribution < 1.29 is 0 Å². The smallest absolute Gasteiger partial charge is 0.0314 e. The second kappa shape index (κ2) is 10.8. The molecule has 0 aromatic heterocycles. The first-order valence-corrected chi connectivity index (χ1v) is 3.94. The topological polar surface area (TPSA) is 26.0 Å². The van der Waals surface area contributed by atoms with Gasteiger partial charge in [-0.25, -0.2) is 0 Å². The van der Waals surface area contributed by atoms with E-state index in [0.717, 1.165) is 23.9 Å². The van der Waals surface area contributed by atoms with E-state index in [9.17, 15) is 0 Å². The Morgan fingerprint density at radius 1 is 1.38 bits per heavy atom. The van der Waals surface area contributed by atoms with E-state index in [1.807, 2.05) is 0 Å². The Hall–Kier alpha value is 0.890. The first kappa shape index (κ1) is 11.7. The third kappa shape index (κ3) is 10.00. The summed E-state index contributed by atoms with van der Waals surface area (Å²) in [5.41, 5.74) is 5.21. The quantitative estimate of drug-likeness (QED) is 0.516. The average Bonchev–Trinajstić information content (AvgIpc) is 1.69. The maximum Gasteiger partial charge on any atom is 0.0314 e. The molecule has 1 nitrogen and oxygen atoms in total. The van der Waals surface area contributed by atoms with Gasteiger partial charge in [-0.3, -0.25) is 0 Å². The summed E-state index contributed by atoms with van der Waals surface area (Å²) in [5, 5.41) is 0. The van der Waals surface area contributed by atoms with Gasteiger partial charge in [-0.05, 0) is 0 Å². The fraction of sp³-hybridized carbons (Fsp3) is 1.00. The van der Waals surface area contributed by atoms with Crippen molar-refractivity contribution in [2.75, 3.05) is 23.9 Å². The molecule has 0 amide bonds. The first-order chi connectivity index (χ1) is 3.41. The van der Waals surface area contributed by atoms with Crippen LogP contribution in [0.2, 0.25) is 0 Å². The van der Waals surface area contributed by atoms with Gasteiger partial charge in [0, 0.05) is 23.9 Å². The summed E-state index contributed by atoms with van der Waals surface area (Å²) in [5.74, 6) is 2.80. The highest BCUT2D eigenvalue weighted by atomic mass is 35.5. The van der Waals surface area contributed by atoms with Gasteiger partial charge in [-0.1, -0.05) is 0 Å². The number of rotatable bonds is 4. The van der Waals surface area contributed by atoms with Gasteiger partial charge in [0.25, 0.3) is 0 Å². The first-order valence-electron chi connectivity index (χ1n) is 2.25. The molecule has 0 saturated carbocycles. The number of halogens is 2. The van der Waals surface area contributed by atoms with E-state index in [4.69, 9.17) is 17.3 Å². The monoisotopic (exact) mass is 175 g/mol. The van der Waals surface area contributed by atoms with Crippen LogP contribution in [0.1, 0.15) is 0 Å². The van der Waals surface area contributed by atoms with Crippen molar-refractivity contribution in [1.29, 1.82) is 0 Å². The zero-order valence-electron chi connectivity index (χ0n) is 4.60. The van der Waals surface area contributed by atoms with Crippen LogP contribution >= 0.6 is 35.8 Å². The van der Waals surface area contributed by atoms with Crippen LogP contribution in [-0.2, 0) is 0 Å². The Morgan fingerprint density at radius 3 is 2.38 bits per heavy atom. The highest BCUT2D eigenvalue weighted by Gasteiger charge is 1.81. The molecule has 0 rings (SSSR count). The molecule has 0 saturated heterocycles. The van der Waals surface area contributed by atoms with Crippen molar-refractivity contribution in [1.82, 2.24) is 0 Å². The van der Waals surface area contributed by atoms with Crippen LogP contribution in [0.15, 0.2) is 0 Å². The van der Waals surface area contributed by atoms with E-state index in [0.29, 0.717) is 0 Å². The van der Waals surface area contributed by atoms with Gasteiger partial charge in [0.2, 0.25) is 0 Å². The number of nitrogens with two attached hydrogens (primary N) is 1. The third-order valence-electron chi connectivity index (χ3n) is 0.484. The molecule has 0 unspecified atom stereocenters. The lowest BCUT2D eigenvalue weighted by atomic mass is 10.8. The molecule has 0 atom stereocenters. The minimum absolute atomic E-state index is 0. The molecule has 0 aliphatic rings. The van der Waals surface area contributed by atoms with E-state index in [-0.39, 0.29) is 12.4 Å².